The second-order valence-electron chi connectivity index (χ2n) is 15.9. The minimum Gasteiger partial charge on any atom is -0.336 e. The van der Waals surface area contributed by atoms with Gasteiger partial charge in [-0.3, -0.25) is 0 Å². The molecule has 54 heavy (non-hydrogen) atoms. The third-order valence-corrected chi connectivity index (χ3v) is 12.3. The Bertz CT molecular complexity index is 1960. The second kappa shape index (κ2) is 19.2. The van der Waals surface area contributed by atoms with E-state index in [1.807, 2.05) is 12.2 Å². The summed E-state index contributed by atoms with van der Waals surface area (Å²) in [4.78, 5) is 2.60. The van der Waals surface area contributed by atoms with E-state index in [1.54, 1.807) is 0 Å². The van der Waals surface area contributed by atoms with Crippen molar-refractivity contribution in [3.05, 3.63) is 138 Å². The summed E-state index contributed by atoms with van der Waals surface area (Å²) in [6.07, 6.45) is 36.7. The molecule has 3 aromatic rings. The van der Waals surface area contributed by atoms with Gasteiger partial charge in [0.15, 0.2) is 0 Å². The Hall–Kier alpha value is -4.48. The van der Waals surface area contributed by atoms with Crippen LogP contribution in [0.4, 0.5) is 0 Å². The smallest absolute Gasteiger partial charge is 0.0884 e. The largest absolute Gasteiger partial charge is 0.336 e. The Morgan fingerprint density at radius 3 is 2.46 bits per heavy atom. The minimum atomic E-state index is 0.239. The Kier molecular flexibility index (Phi) is 14.0. The molecule has 0 N–H and O–H groups in total. The van der Waals surface area contributed by atoms with Gasteiger partial charge in [0, 0.05) is 45.9 Å². The number of aromatic nitrogens is 1. The normalized spacial score (nSPS) is 20.7. The molecule has 0 bridgehead atoms. The van der Waals surface area contributed by atoms with Gasteiger partial charge < -0.3 is 9.47 Å². The molecule has 0 saturated heterocycles. The Morgan fingerprint density at radius 2 is 1.80 bits per heavy atom. The first-order valence-electron chi connectivity index (χ1n) is 21.1. The maximum atomic E-state index is 4.31. The lowest BCUT2D eigenvalue weighted by Crippen LogP contribution is -2.34. The van der Waals surface area contributed by atoms with Crippen LogP contribution in [0.1, 0.15) is 146 Å². The highest BCUT2D eigenvalue weighted by molar-refractivity contribution is 5.96. The molecule has 282 valence electrons. The molecule has 0 radical (unpaired) electrons. The van der Waals surface area contributed by atoms with Gasteiger partial charge in [-0.05, 0) is 112 Å². The van der Waals surface area contributed by atoms with Crippen molar-refractivity contribution in [1.82, 2.24) is 9.47 Å². The fourth-order valence-electron chi connectivity index (χ4n) is 9.28. The maximum absolute atomic E-state index is 4.31. The van der Waals surface area contributed by atoms with E-state index in [0.29, 0.717) is 0 Å². The summed E-state index contributed by atoms with van der Waals surface area (Å²) in [7, 11) is 0. The number of fused-ring (bicyclic) bond motifs is 1. The van der Waals surface area contributed by atoms with Crippen molar-refractivity contribution in [3.63, 3.8) is 0 Å². The molecule has 3 aliphatic rings. The molecule has 1 heterocycles. The number of unbranched alkanes of at least 4 members (excludes halogenated alkanes) is 2. The number of benzene rings is 2. The predicted molar refractivity (Wildman–Crippen MR) is 236 cm³/mol. The zero-order valence-electron chi connectivity index (χ0n) is 33.7. The van der Waals surface area contributed by atoms with Crippen molar-refractivity contribution in [3.8, 4) is 11.8 Å². The first-order chi connectivity index (χ1) is 26.5. The second-order valence-corrected chi connectivity index (χ2v) is 15.9. The number of nitrogens with zero attached hydrogens (tertiary/aromatic N) is 2. The molecule has 3 aliphatic carbocycles. The molecule has 6 rings (SSSR count). The highest BCUT2D eigenvalue weighted by atomic mass is 15.2. The lowest BCUT2D eigenvalue weighted by atomic mass is 9.74. The van der Waals surface area contributed by atoms with Gasteiger partial charge in [0.2, 0.25) is 0 Å². The van der Waals surface area contributed by atoms with Gasteiger partial charge in [-0.2, -0.15) is 0 Å². The molecule has 2 heteroatoms. The van der Waals surface area contributed by atoms with Gasteiger partial charge in [-0.25, -0.2) is 0 Å². The standard InChI is InChI=1S/C52H64N2/c1-7-11-12-15-21-39(5)54-51(20-8-2)49(10-4)50-38-46(32-37-52(50)54)41(9-3)27-26-40(6)53(47-33-28-44(29-34-47)42-22-16-13-17-23-42)48-35-30-45(31-36-48)43-24-18-14-19-25-43/h8-10,13,15-17,20-23,27,32-33,35,37-40,43-45H,3-4,7,11-12,14,18-19,24-26,28,30-31,36H2,1-2,5-6H3/b20-8-,21-15-,41-27+/t39?,40-,44?,45-/m0/s1. The van der Waals surface area contributed by atoms with Crippen molar-refractivity contribution in [2.45, 2.75) is 129 Å². The molecule has 1 saturated carbocycles. The number of hydrogen-bond donors (Lipinski definition) is 0. The Morgan fingerprint density at radius 1 is 0.981 bits per heavy atom. The molecule has 0 aliphatic heterocycles. The van der Waals surface area contributed by atoms with E-state index in [1.165, 1.54) is 108 Å². The summed E-state index contributed by atoms with van der Waals surface area (Å²) in [5, 5.41) is 1.24. The summed E-state index contributed by atoms with van der Waals surface area (Å²) in [6, 6.07) is 18.2. The topological polar surface area (TPSA) is 8.17 Å². The zero-order valence-corrected chi connectivity index (χ0v) is 33.7. The van der Waals surface area contributed by atoms with Crippen LogP contribution < -0.4 is 0 Å². The van der Waals surface area contributed by atoms with Gasteiger partial charge in [-0.15, -0.1) is 0 Å². The molecular weight excluding hydrogens is 653 g/mol. The third kappa shape index (κ3) is 9.06. The van der Waals surface area contributed by atoms with Gasteiger partial charge in [0.05, 0.1) is 5.70 Å². The molecule has 2 nitrogen and oxygen atoms in total. The van der Waals surface area contributed by atoms with E-state index in [2.05, 4.69) is 153 Å². The summed E-state index contributed by atoms with van der Waals surface area (Å²) in [5.41, 5.74) is 9.97. The number of allylic oxidation sites excluding steroid dienone is 9. The molecular formula is C52H64N2. The van der Waals surface area contributed by atoms with E-state index in [-0.39, 0.29) is 18.0 Å². The van der Waals surface area contributed by atoms with Crippen molar-refractivity contribution in [2.24, 2.45) is 11.8 Å². The minimum absolute atomic E-state index is 0.239. The van der Waals surface area contributed by atoms with Crippen molar-refractivity contribution < 1.29 is 0 Å². The van der Waals surface area contributed by atoms with E-state index in [4.69, 9.17) is 0 Å². The van der Waals surface area contributed by atoms with Crippen LogP contribution in [0.2, 0.25) is 0 Å². The molecule has 0 spiro atoms. The Labute approximate surface area is 327 Å². The summed E-state index contributed by atoms with van der Waals surface area (Å²) >= 11 is 0. The SMILES string of the molecule is C=C/C(=C\C[C@H](C)N(C1=CCC(c2ccccc2)C#C1)C1=CC[C@H](C2CCCCC2)CC1)c1ccc2c(c1)c(C=C)c(/C=C\C)n2C(C)/C=C\CCCC. The molecule has 2 unspecified atom stereocenters. The van der Waals surface area contributed by atoms with Crippen LogP contribution in [-0.4, -0.2) is 15.5 Å². The highest BCUT2D eigenvalue weighted by Crippen LogP contribution is 2.40. The number of rotatable bonds is 16. The highest BCUT2D eigenvalue weighted by Gasteiger charge is 2.29. The fraction of sp³-hybridized carbons (Fsp3) is 0.423. The first-order valence-corrected chi connectivity index (χ1v) is 21.1. The first kappa shape index (κ1) is 39.2. The van der Waals surface area contributed by atoms with E-state index < -0.39 is 0 Å². The maximum Gasteiger partial charge on any atom is 0.0884 e. The van der Waals surface area contributed by atoms with Crippen LogP contribution in [0.3, 0.4) is 0 Å². The van der Waals surface area contributed by atoms with Gasteiger partial charge in [-0.1, -0.05) is 156 Å². The van der Waals surface area contributed by atoms with Crippen molar-refractivity contribution >= 4 is 28.6 Å². The summed E-state index contributed by atoms with van der Waals surface area (Å²) < 4.78 is 2.47. The van der Waals surface area contributed by atoms with E-state index >= 15 is 0 Å². The van der Waals surface area contributed by atoms with Crippen LogP contribution in [0.25, 0.3) is 28.6 Å². The third-order valence-electron chi connectivity index (χ3n) is 12.3. The fourth-order valence-corrected chi connectivity index (χ4v) is 9.28. The van der Waals surface area contributed by atoms with Crippen LogP contribution in [0.5, 0.6) is 0 Å². The Balaban J connectivity index is 1.28. The summed E-state index contributed by atoms with van der Waals surface area (Å²) in [5.74, 6) is 9.33. The van der Waals surface area contributed by atoms with Crippen molar-refractivity contribution in [2.75, 3.05) is 0 Å². The average molecular weight is 717 g/mol. The van der Waals surface area contributed by atoms with Gasteiger partial charge >= 0.3 is 0 Å². The van der Waals surface area contributed by atoms with E-state index in [0.717, 1.165) is 37.5 Å². The predicted octanol–water partition coefficient (Wildman–Crippen LogP) is 14.6. The van der Waals surface area contributed by atoms with Crippen molar-refractivity contribution in [1.29, 1.82) is 0 Å². The quantitative estimate of drug-likeness (QED) is 0.0620. The molecule has 1 fully saturated rings. The van der Waals surface area contributed by atoms with Crippen LogP contribution in [0.15, 0.2) is 116 Å². The summed E-state index contributed by atoms with van der Waals surface area (Å²) in [6.45, 7) is 17.6. The number of hydrogen-bond acceptors (Lipinski definition) is 1. The van der Waals surface area contributed by atoms with E-state index in [9.17, 15) is 0 Å². The van der Waals surface area contributed by atoms with Crippen LogP contribution in [0, 0.1) is 23.7 Å². The lowest BCUT2D eigenvalue weighted by molar-refractivity contribution is 0.218. The van der Waals surface area contributed by atoms with Gasteiger partial charge in [0.25, 0.3) is 0 Å². The molecule has 0 amide bonds. The lowest BCUT2D eigenvalue weighted by Gasteiger charge is -2.39. The van der Waals surface area contributed by atoms with Crippen LogP contribution >= 0.6 is 0 Å². The molecule has 2 aromatic carbocycles. The molecule has 4 atom stereocenters. The zero-order chi connectivity index (χ0) is 37.9. The monoisotopic (exact) mass is 717 g/mol. The van der Waals surface area contributed by atoms with Gasteiger partial charge in [0.1, 0.15) is 0 Å². The molecule has 1 aromatic heterocycles. The van der Waals surface area contributed by atoms with Crippen LogP contribution in [-0.2, 0) is 0 Å². The average Bonchev–Trinajstić information content (AvgIpc) is 3.53.